The molecule has 0 bridgehead atoms. The molecule has 6 N–H and O–H groups in total. The first-order valence-corrected chi connectivity index (χ1v) is 34.2. The highest BCUT2D eigenvalue weighted by atomic mass is 16.7. The molecule has 1 aliphatic heterocycles. The minimum atomic E-state index is -1.63. The lowest BCUT2D eigenvalue weighted by Gasteiger charge is -2.41. The van der Waals surface area contributed by atoms with Crippen molar-refractivity contribution in [3.05, 3.63) is 109 Å². The number of amides is 1. The zero-order valence-corrected chi connectivity index (χ0v) is 53.5. The van der Waals surface area contributed by atoms with Gasteiger partial charge < -0.3 is 45.1 Å². The molecule has 11 heteroatoms. The van der Waals surface area contributed by atoms with Crippen molar-refractivity contribution in [3.63, 3.8) is 0 Å². The highest BCUT2D eigenvalue weighted by Gasteiger charge is 2.47. The summed E-state index contributed by atoms with van der Waals surface area (Å²) in [6.45, 7) is 5.64. The zero-order valence-electron chi connectivity index (χ0n) is 53.5. The second kappa shape index (κ2) is 59.6. The summed E-state index contributed by atoms with van der Waals surface area (Å²) < 4.78 is 17.7. The van der Waals surface area contributed by atoms with Crippen molar-refractivity contribution in [2.45, 2.75) is 327 Å². The normalized spacial score (nSPS) is 19.2. The fourth-order valence-corrected chi connectivity index (χ4v) is 10.0. The summed E-state index contributed by atoms with van der Waals surface area (Å²) in [5.74, 6) is -1.22. The van der Waals surface area contributed by atoms with Gasteiger partial charge in [-0.3, -0.25) is 9.59 Å². The molecule has 11 nitrogen and oxygen atoms in total. The van der Waals surface area contributed by atoms with Gasteiger partial charge >= 0.3 is 5.97 Å². The Morgan fingerprint density at radius 2 is 0.857 bits per heavy atom. The van der Waals surface area contributed by atoms with Crippen molar-refractivity contribution < 1.29 is 49.3 Å². The average Bonchev–Trinajstić information content (AvgIpc) is 3.52. The number of esters is 1. The van der Waals surface area contributed by atoms with Crippen LogP contribution in [0, 0.1) is 0 Å². The monoisotopic (exact) mass is 1180 g/mol. The number of allylic oxidation sites excluding steroid dienone is 17. The third-order valence-electron chi connectivity index (χ3n) is 15.4. The highest BCUT2D eigenvalue weighted by molar-refractivity contribution is 5.80. The van der Waals surface area contributed by atoms with Crippen molar-refractivity contribution in [1.29, 1.82) is 0 Å². The van der Waals surface area contributed by atoms with Crippen molar-refractivity contribution in [2.24, 2.45) is 0 Å². The Bertz CT molecular complexity index is 1780. The number of carbonyl (C=O) groups excluding carboxylic acids is 2. The maximum absolute atomic E-state index is 13.5. The van der Waals surface area contributed by atoms with E-state index in [0.717, 1.165) is 128 Å². The van der Waals surface area contributed by atoms with E-state index in [9.17, 15) is 35.1 Å². The van der Waals surface area contributed by atoms with Gasteiger partial charge in [-0.2, -0.15) is 0 Å². The maximum Gasteiger partial charge on any atom is 0.306 e. The molecule has 0 aromatic rings. The molecular formula is C73H125NO10. The SMILES string of the molecule is CC/C=C\C/C=C\C/C=C\C/C=C\C/C=C\CCCCCCC(O)C(=O)NC(COC1OC(CO)C(O)C(O)C1OC(=O)CCCCCCCCCCCC/C=C\C/C=C\C/C=C\CCCCC)C(O)/C=C/CCCCCCCCCCCC. The highest BCUT2D eigenvalue weighted by Crippen LogP contribution is 2.26. The van der Waals surface area contributed by atoms with Crippen LogP contribution in [0.3, 0.4) is 0 Å². The lowest BCUT2D eigenvalue weighted by molar-refractivity contribution is -0.305. The van der Waals surface area contributed by atoms with Crippen LogP contribution in [-0.2, 0) is 23.8 Å². The van der Waals surface area contributed by atoms with Crippen LogP contribution < -0.4 is 5.32 Å². The topological polar surface area (TPSA) is 175 Å². The summed E-state index contributed by atoms with van der Waals surface area (Å²) >= 11 is 0. The second-order valence-corrected chi connectivity index (χ2v) is 23.2. The number of hydrogen-bond donors (Lipinski definition) is 6. The Labute approximate surface area is 513 Å². The molecule has 0 spiro atoms. The first kappa shape index (κ1) is 78.3. The van der Waals surface area contributed by atoms with Crippen LogP contribution in [0.25, 0.3) is 0 Å². The number of aliphatic hydroxyl groups is 5. The number of hydrogen-bond acceptors (Lipinski definition) is 10. The zero-order chi connectivity index (χ0) is 61.0. The summed E-state index contributed by atoms with van der Waals surface area (Å²) in [6.07, 6.45) is 71.2. The van der Waals surface area contributed by atoms with Crippen molar-refractivity contribution in [3.8, 4) is 0 Å². The lowest BCUT2D eigenvalue weighted by Crippen LogP contribution is -2.61. The van der Waals surface area contributed by atoms with Crippen LogP contribution in [-0.4, -0.2) is 99.6 Å². The van der Waals surface area contributed by atoms with Crippen molar-refractivity contribution in [2.75, 3.05) is 13.2 Å². The van der Waals surface area contributed by atoms with Gasteiger partial charge in [0.2, 0.25) is 5.91 Å². The molecule has 8 atom stereocenters. The number of nitrogens with one attached hydrogen (secondary N) is 1. The Morgan fingerprint density at radius 1 is 0.476 bits per heavy atom. The predicted molar refractivity (Wildman–Crippen MR) is 351 cm³/mol. The molecule has 0 saturated carbocycles. The second-order valence-electron chi connectivity index (χ2n) is 23.2. The fourth-order valence-electron chi connectivity index (χ4n) is 10.0. The Morgan fingerprint density at radius 3 is 1.31 bits per heavy atom. The van der Waals surface area contributed by atoms with Crippen molar-refractivity contribution in [1.82, 2.24) is 5.32 Å². The molecule has 8 unspecified atom stereocenters. The molecular weight excluding hydrogens is 1050 g/mol. The van der Waals surface area contributed by atoms with E-state index in [2.05, 4.69) is 123 Å². The number of rotatable bonds is 57. The quantitative estimate of drug-likeness (QED) is 0.0195. The third kappa shape index (κ3) is 46.5. The van der Waals surface area contributed by atoms with Gasteiger partial charge in [-0.25, -0.2) is 0 Å². The van der Waals surface area contributed by atoms with Crippen LogP contribution in [0.2, 0.25) is 0 Å². The Balaban J connectivity index is 2.63. The molecule has 0 aromatic carbocycles. The predicted octanol–water partition coefficient (Wildman–Crippen LogP) is 17.2. The Kier molecular flexibility index (Phi) is 55.6. The minimum absolute atomic E-state index is 0.111. The first-order chi connectivity index (χ1) is 41.2. The molecule has 1 saturated heterocycles. The smallest absolute Gasteiger partial charge is 0.306 e. The Hall–Kier alpha value is -3.68. The first-order valence-electron chi connectivity index (χ1n) is 34.2. The largest absolute Gasteiger partial charge is 0.454 e. The molecule has 1 rings (SSSR count). The average molecular weight is 1180 g/mol. The lowest BCUT2D eigenvalue weighted by atomic mass is 9.99. The summed E-state index contributed by atoms with van der Waals surface area (Å²) in [5.41, 5.74) is 0. The van der Waals surface area contributed by atoms with E-state index in [1.165, 1.54) is 103 Å². The summed E-state index contributed by atoms with van der Waals surface area (Å²) in [6, 6.07) is -1.04. The van der Waals surface area contributed by atoms with Gasteiger partial charge in [0, 0.05) is 6.42 Å². The molecule has 1 aliphatic rings. The molecule has 1 heterocycles. The molecule has 0 aromatic heterocycles. The number of carbonyl (C=O) groups is 2. The summed E-state index contributed by atoms with van der Waals surface area (Å²) in [4.78, 5) is 26.6. The van der Waals surface area contributed by atoms with Crippen LogP contribution in [0.15, 0.2) is 109 Å². The van der Waals surface area contributed by atoms with E-state index in [1.54, 1.807) is 6.08 Å². The van der Waals surface area contributed by atoms with Gasteiger partial charge in [-0.15, -0.1) is 0 Å². The standard InChI is InChI=1S/C73H125NO10/c1-4-7-10-13-16-19-22-25-27-29-31-33-34-35-37-39-41-43-46-49-52-55-58-61-68(78)84-71-70(80)69(79)67(62-75)83-73(71)82-63-64(65(76)59-56-53-50-47-44-24-21-18-15-12-9-6-3)74-72(81)66(77)60-57-54-51-48-45-42-40-38-36-32-30-28-26-23-20-17-14-11-8-5-2/h8,11,16-17,19-20,25-28,31-33,36,40,42,56,59,64-67,69-71,73,75-77,79-80H,4-7,9-10,12-15,18,21-24,29-30,34-35,37-39,41,43-55,57-58,60-63H2,1-3H3,(H,74,81)/b11-8-,19-16-,20-17-,27-25-,28-26-,33-31-,36-32-,42-40-,59-56+. The van der Waals surface area contributed by atoms with Gasteiger partial charge in [0.1, 0.15) is 24.4 Å². The van der Waals surface area contributed by atoms with Gasteiger partial charge in [-0.1, -0.05) is 271 Å². The number of aliphatic hydroxyl groups excluding tert-OH is 5. The molecule has 84 heavy (non-hydrogen) atoms. The van der Waals surface area contributed by atoms with E-state index in [0.29, 0.717) is 12.8 Å². The van der Waals surface area contributed by atoms with E-state index >= 15 is 0 Å². The minimum Gasteiger partial charge on any atom is -0.454 e. The maximum atomic E-state index is 13.5. The fraction of sp³-hybridized carbons (Fsp3) is 0.726. The van der Waals surface area contributed by atoms with Crippen LogP contribution in [0.4, 0.5) is 0 Å². The van der Waals surface area contributed by atoms with E-state index in [4.69, 9.17) is 14.2 Å². The van der Waals surface area contributed by atoms with E-state index in [1.807, 2.05) is 6.08 Å². The number of ether oxygens (including phenoxy) is 3. The molecule has 0 aliphatic carbocycles. The molecule has 0 radical (unpaired) electrons. The van der Waals surface area contributed by atoms with Gasteiger partial charge in [0.05, 0.1) is 25.4 Å². The number of unbranched alkanes of at least 4 members (excludes halogenated alkanes) is 27. The van der Waals surface area contributed by atoms with Gasteiger partial charge in [0.25, 0.3) is 0 Å². The van der Waals surface area contributed by atoms with Crippen molar-refractivity contribution >= 4 is 11.9 Å². The van der Waals surface area contributed by atoms with Gasteiger partial charge in [0.15, 0.2) is 12.4 Å². The van der Waals surface area contributed by atoms with Crippen LogP contribution in [0.5, 0.6) is 0 Å². The molecule has 1 amide bonds. The summed E-state index contributed by atoms with van der Waals surface area (Å²) in [7, 11) is 0. The molecule has 482 valence electrons. The van der Waals surface area contributed by atoms with E-state index < -0.39 is 67.4 Å². The third-order valence-corrected chi connectivity index (χ3v) is 15.4. The van der Waals surface area contributed by atoms with Crippen LogP contribution in [0.1, 0.15) is 278 Å². The van der Waals surface area contributed by atoms with E-state index in [-0.39, 0.29) is 19.4 Å². The molecule has 1 fully saturated rings. The van der Waals surface area contributed by atoms with Crippen LogP contribution >= 0.6 is 0 Å². The van der Waals surface area contributed by atoms with Gasteiger partial charge in [-0.05, 0) is 109 Å². The summed E-state index contributed by atoms with van der Waals surface area (Å²) in [5, 5.41) is 57.2.